The lowest BCUT2D eigenvalue weighted by atomic mass is 9.81. The summed E-state index contributed by atoms with van der Waals surface area (Å²) in [6.07, 6.45) is 0. The second-order valence-electron chi connectivity index (χ2n) is 18.4. The molecule has 3 heterocycles. The molecule has 67 heavy (non-hydrogen) atoms. The molecule has 0 bridgehead atoms. The summed E-state index contributed by atoms with van der Waals surface area (Å²) in [7, 11) is 0. The molecule has 0 unspecified atom stereocenters. The van der Waals surface area contributed by atoms with E-state index in [1.807, 2.05) is 6.07 Å². The number of benzene rings is 10. The third-order valence-electron chi connectivity index (χ3n) is 14.4. The molecular weight excluding hydrogens is 817 g/mol. The van der Waals surface area contributed by atoms with E-state index in [2.05, 4.69) is 236 Å². The summed E-state index contributed by atoms with van der Waals surface area (Å²) in [5.41, 5.74) is 20.0. The van der Waals surface area contributed by atoms with Crippen LogP contribution in [-0.4, -0.2) is 4.57 Å². The molecule has 0 atom stereocenters. The molecule has 0 aliphatic heterocycles. The van der Waals surface area contributed by atoms with Crippen molar-refractivity contribution in [1.29, 1.82) is 0 Å². The summed E-state index contributed by atoms with van der Waals surface area (Å²) in [4.78, 5) is 2.39. The largest absolute Gasteiger partial charge is 0.456 e. The molecule has 0 saturated heterocycles. The number of fused-ring (bicyclic) bond motifs is 12. The summed E-state index contributed by atoms with van der Waals surface area (Å²) in [5, 5.41) is 6.71. The number of nitrogens with zero attached hydrogens (tertiary/aromatic N) is 2. The molecule has 4 heteroatoms. The van der Waals surface area contributed by atoms with Crippen LogP contribution in [0.4, 0.5) is 17.1 Å². The molecule has 3 aromatic heterocycles. The molecular formula is C63H42N2O2. The summed E-state index contributed by atoms with van der Waals surface area (Å²) in [6, 6.07) is 78.9. The summed E-state index contributed by atoms with van der Waals surface area (Å²) in [6.45, 7) is 4.69. The monoisotopic (exact) mass is 858 g/mol. The number of hydrogen-bond donors (Lipinski definition) is 0. The van der Waals surface area contributed by atoms with Gasteiger partial charge in [0.05, 0.1) is 33.2 Å². The van der Waals surface area contributed by atoms with Gasteiger partial charge in [0.1, 0.15) is 22.3 Å². The van der Waals surface area contributed by atoms with E-state index in [0.717, 1.165) is 77.8 Å². The fourth-order valence-electron chi connectivity index (χ4n) is 11.2. The van der Waals surface area contributed by atoms with Gasteiger partial charge < -0.3 is 18.3 Å². The average Bonchev–Trinajstić information content (AvgIpc) is 4.11. The van der Waals surface area contributed by atoms with Gasteiger partial charge in [0.25, 0.3) is 0 Å². The molecule has 0 spiro atoms. The van der Waals surface area contributed by atoms with Crippen LogP contribution in [0.15, 0.2) is 227 Å². The van der Waals surface area contributed by atoms with Crippen molar-refractivity contribution in [3.63, 3.8) is 0 Å². The molecule has 13 aromatic rings. The van der Waals surface area contributed by atoms with Gasteiger partial charge in [0, 0.05) is 38.3 Å². The smallest absolute Gasteiger partial charge is 0.137 e. The fraction of sp³-hybridized carbons (Fsp3) is 0.0476. The lowest BCUT2D eigenvalue weighted by molar-refractivity contribution is 0.660. The first-order valence-corrected chi connectivity index (χ1v) is 23.1. The lowest BCUT2D eigenvalue weighted by Gasteiger charge is -2.27. The maximum Gasteiger partial charge on any atom is 0.137 e. The Kier molecular flexibility index (Phi) is 8.00. The van der Waals surface area contributed by atoms with E-state index in [0.29, 0.717) is 0 Å². The predicted molar refractivity (Wildman–Crippen MR) is 278 cm³/mol. The minimum absolute atomic E-state index is 0.0778. The van der Waals surface area contributed by atoms with Gasteiger partial charge in [0.15, 0.2) is 0 Å². The van der Waals surface area contributed by atoms with Gasteiger partial charge in [-0.1, -0.05) is 147 Å². The minimum Gasteiger partial charge on any atom is -0.456 e. The van der Waals surface area contributed by atoms with Crippen LogP contribution < -0.4 is 4.90 Å². The number of furan rings is 2. The molecule has 0 N–H and O–H groups in total. The summed E-state index contributed by atoms with van der Waals surface area (Å²) >= 11 is 0. The van der Waals surface area contributed by atoms with Crippen molar-refractivity contribution < 1.29 is 8.83 Å². The summed E-state index contributed by atoms with van der Waals surface area (Å²) < 4.78 is 15.6. The van der Waals surface area contributed by atoms with E-state index in [9.17, 15) is 0 Å². The number of para-hydroxylation sites is 3. The van der Waals surface area contributed by atoms with E-state index in [-0.39, 0.29) is 5.41 Å². The Hall–Kier alpha value is -8.60. The molecule has 14 rings (SSSR count). The second-order valence-corrected chi connectivity index (χ2v) is 18.4. The highest BCUT2D eigenvalue weighted by Crippen LogP contribution is 2.51. The van der Waals surface area contributed by atoms with Crippen molar-refractivity contribution in [2.24, 2.45) is 0 Å². The van der Waals surface area contributed by atoms with Crippen molar-refractivity contribution in [3.8, 4) is 39.1 Å². The molecule has 0 radical (unpaired) electrons. The fourth-order valence-corrected chi connectivity index (χ4v) is 11.2. The highest BCUT2D eigenvalue weighted by molar-refractivity contribution is 6.18. The van der Waals surface area contributed by atoms with Gasteiger partial charge in [-0.05, 0) is 129 Å². The topological polar surface area (TPSA) is 34.5 Å². The Bertz CT molecular complexity index is 4130. The zero-order valence-electron chi connectivity index (χ0n) is 37.0. The zero-order valence-corrected chi connectivity index (χ0v) is 37.0. The van der Waals surface area contributed by atoms with Crippen molar-refractivity contribution in [2.45, 2.75) is 19.3 Å². The van der Waals surface area contributed by atoms with Gasteiger partial charge in [-0.2, -0.15) is 0 Å². The maximum absolute atomic E-state index is 6.74. The van der Waals surface area contributed by atoms with Crippen LogP contribution >= 0.6 is 0 Å². The van der Waals surface area contributed by atoms with E-state index < -0.39 is 0 Å². The average molecular weight is 859 g/mol. The molecule has 316 valence electrons. The van der Waals surface area contributed by atoms with Gasteiger partial charge in [-0.3, -0.25) is 0 Å². The third-order valence-corrected chi connectivity index (χ3v) is 14.4. The van der Waals surface area contributed by atoms with Gasteiger partial charge in [0.2, 0.25) is 0 Å². The van der Waals surface area contributed by atoms with Crippen LogP contribution in [-0.2, 0) is 5.41 Å². The maximum atomic E-state index is 6.74. The first-order valence-electron chi connectivity index (χ1n) is 23.1. The highest BCUT2D eigenvalue weighted by Gasteiger charge is 2.35. The standard InChI is InChI=1S/C63H42N2O2/c1-63(2)51-19-9-6-16-45(51)46-33-28-41(37-52(46)63)39-26-31-44(32-27-39)65(54-21-12-24-59-61(54)49-18-8-11-23-57(49)66-59)55-22-13-25-60-62(55)50-36-40(30-35-58(50)67-60)42-29-34-48-47-17-7-10-20-53(47)64(56(48)38-42)43-14-4-3-5-15-43/h3-38H,1-2H3. The van der Waals surface area contributed by atoms with Crippen LogP contribution in [0.1, 0.15) is 25.0 Å². The highest BCUT2D eigenvalue weighted by atomic mass is 16.3. The Morgan fingerprint density at radius 3 is 1.75 bits per heavy atom. The molecule has 0 saturated carbocycles. The van der Waals surface area contributed by atoms with E-state index in [1.165, 1.54) is 55.2 Å². The van der Waals surface area contributed by atoms with Crippen molar-refractivity contribution >= 4 is 82.7 Å². The molecule has 1 aliphatic carbocycles. The van der Waals surface area contributed by atoms with E-state index in [4.69, 9.17) is 8.83 Å². The lowest BCUT2D eigenvalue weighted by Crippen LogP contribution is -2.14. The molecule has 10 aromatic carbocycles. The van der Waals surface area contributed by atoms with Gasteiger partial charge in [-0.15, -0.1) is 0 Å². The van der Waals surface area contributed by atoms with Gasteiger partial charge in [-0.25, -0.2) is 0 Å². The molecule has 4 nitrogen and oxygen atoms in total. The third kappa shape index (κ3) is 5.60. The molecule has 0 amide bonds. The van der Waals surface area contributed by atoms with Crippen LogP contribution in [0.25, 0.3) is 105 Å². The van der Waals surface area contributed by atoms with E-state index >= 15 is 0 Å². The van der Waals surface area contributed by atoms with Crippen molar-refractivity contribution in [3.05, 3.63) is 230 Å². The van der Waals surface area contributed by atoms with Crippen LogP contribution in [0, 0.1) is 0 Å². The normalized spacial score (nSPS) is 13.0. The predicted octanol–water partition coefficient (Wildman–Crippen LogP) is 17.7. The zero-order chi connectivity index (χ0) is 44.4. The van der Waals surface area contributed by atoms with Crippen molar-refractivity contribution in [2.75, 3.05) is 4.90 Å². The van der Waals surface area contributed by atoms with E-state index in [1.54, 1.807) is 0 Å². The van der Waals surface area contributed by atoms with Crippen molar-refractivity contribution in [1.82, 2.24) is 4.57 Å². The number of aromatic nitrogens is 1. The Morgan fingerprint density at radius 2 is 0.940 bits per heavy atom. The number of rotatable bonds is 6. The number of hydrogen-bond acceptors (Lipinski definition) is 3. The Balaban J connectivity index is 0.949. The second kappa shape index (κ2) is 14.2. The first-order chi connectivity index (χ1) is 33.0. The minimum atomic E-state index is -0.0778. The van der Waals surface area contributed by atoms with Crippen LogP contribution in [0.5, 0.6) is 0 Å². The SMILES string of the molecule is CC1(C)c2ccccc2-c2ccc(-c3ccc(N(c4cccc5oc6ccccc6c45)c4cccc5oc6ccc(-c7ccc8c9ccccc9n(-c9ccccc9)c8c7)cc6c45)cc3)cc21. The number of anilines is 3. The quantitative estimate of drug-likeness (QED) is 0.167. The Labute approximate surface area is 387 Å². The summed E-state index contributed by atoms with van der Waals surface area (Å²) in [5.74, 6) is 0. The van der Waals surface area contributed by atoms with Crippen LogP contribution in [0.2, 0.25) is 0 Å². The molecule has 0 fully saturated rings. The van der Waals surface area contributed by atoms with Crippen LogP contribution in [0.3, 0.4) is 0 Å². The first kappa shape index (κ1) is 37.7. The van der Waals surface area contributed by atoms with Gasteiger partial charge >= 0.3 is 0 Å². The molecule has 1 aliphatic rings. The Morgan fingerprint density at radius 1 is 0.373 bits per heavy atom.